The largest absolute Gasteiger partial charge is 0.496 e. The van der Waals surface area contributed by atoms with E-state index in [0.717, 1.165) is 12.0 Å². The van der Waals surface area contributed by atoms with E-state index in [1.165, 1.54) is 19.2 Å². The van der Waals surface area contributed by atoms with Crippen LogP contribution in [0.15, 0.2) is 18.2 Å². The summed E-state index contributed by atoms with van der Waals surface area (Å²) in [5, 5.41) is 0. The van der Waals surface area contributed by atoms with Crippen molar-refractivity contribution in [1.29, 1.82) is 0 Å². The van der Waals surface area contributed by atoms with Gasteiger partial charge in [0.2, 0.25) is 0 Å². The molecule has 2 atom stereocenters. The molecule has 1 heterocycles. The van der Waals surface area contributed by atoms with Crippen molar-refractivity contribution in [2.24, 2.45) is 0 Å². The van der Waals surface area contributed by atoms with Crippen molar-refractivity contribution in [3.63, 3.8) is 0 Å². The van der Waals surface area contributed by atoms with Crippen LogP contribution in [0.5, 0.6) is 5.75 Å². The Kier molecular flexibility index (Phi) is 2.07. The molecule has 4 heteroatoms. The monoisotopic (exact) mass is 238 g/mol. The minimum absolute atomic E-state index is 0.211. The van der Waals surface area contributed by atoms with Crippen molar-refractivity contribution < 1.29 is 18.6 Å². The number of methoxy groups -OCH3 is 1. The fraction of sp³-hybridized carbons (Fsp3) is 0.538. The van der Waals surface area contributed by atoms with E-state index in [9.17, 15) is 4.39 Å². The van der Waals surface area contributed by atoms with Gasteiger partial charge < -0.3 is 14.2 Å². The first-order valence-electron chi connectivity index (χ1n) is 5.66. The molecule has 1 aliphatic heterocycles. The van der Waals surface area contributed by atoms with Crippen molar-refractivity contribution in [3.05, 3.63) is 29.6 Å². The van der Waals surface area contributed by atoms with Crippen LogP contribution in [0.3, 0.4) is 0 Å². The fourth-order valence-electron chi connectivity index (χ4n) is 2.44. The van der Waals surface area contributed by atoms with Crippen LogP contribution in [0.4, 0.5) is 4.39 Å². The number of hydrogen-bond acceptors (Lipinski definition) is 3. The molecule has 0 aromatic heterocycles. The van der Waals surface area contributed by atoms with Gasteiger partial charge in [0.15, 0.2) is 6.29 Å². The summed E-state index contributed by atoms with van der Waals surface area (Å²) >= 11 is 0. The lowest BCUT2D eigenvalue weighted by molar-refractivity contribution is -0.120. The van der Waals surface area contributed by atoms with Crippen LogP contribution in [0.2, 0.25) is 0 Å². The Labute approximate surface area is 99.5 Å². The van der Waals surface area contributed by atoms with Crippen LogP contribution < -0.4 is 4.74 Å². The molecule has 1 aromatic carbocycles. The average molecular weight is 238 g/mol. The van der Waals surface area contributed by atoms with E-state index in [1.54, 1.807) is 6.07 Å². The molecule has 2 unspecified atom stereocenters. The molecule has 2 aliphatic rings. The summed E-state index contributed by atoms with van der Waals surface area (Å²) in [4.78, 5) is 0. The quantitative estimate of drug-likeness (QED) is 0.793. The zero-order valence-corrected chi connectivity index (χ0v) is 10.1. The summed E-state index contributed by atoms with van der Waals surface area (Å²) in [6, 6.07) is 4.38. The number of ether oxygens (including phenoxy) is 3. The number of benzene rings is 1. The summed E-state index contributed by atoms with van der Waals surface area (Å²) in [6.45, 7) is 4.06. The van der Waals surface area contributed by atoms with Crippen LogP contribution in [0, 0.1) is 5.82 Å². The number of fused-ring (bicyclic) bond motifs is 1. The van der Waals surface area contributed by atoms with E-state index < -0.39 is 6.29 Å². The summed E-state index contributed by atoms with van der Waals surface area (Å²) in [5.74, 6) is 0.134. The van der Waals surface area contributed by atoms with Gasteiger partial charge in [-0.3, -0.25) is 0 Å². The fourth-order valence-corrected chi connectivity index (χ4v) is 2.44. The Morgan fingerprint density at radius 1 is 1.29 bits per heavy atom. The van der Waals surface area contributed by atoms with E-state index in [0.29, 0.717) is 5.75 Å². The first kappa shape index (κ1) is 11.0. The van der Waals surface area contributed by atoms with Gasteiger partial charge in [-0.05, 0) is 26.0 Å². The maximum atomic E-state index is 13.1. The van der Waals surface area contributed by atoms with Gasteiger partial charge in [0.1, 0.15) is 22.8 Å². The molecule has 3 nitrogen and oxygen atoms in total. The van der Waals surface area contributed by atoms with E-state index in [1.807, 2.05) is 13.8 Å². The molecule has 0 bridgehead atoms. The molecular formula is C13H15FO3. The van der Waals surface area contributed by atoms with Gasteiger partial charge in [-0.25, -0.2) is 4.39 Å². The highest BCUT2D eigenvalue weighted by Crippen LogP contribution is 2.63. The summed E-state index contributed by atoms with van der Waals surface area (Å²) in [5.41, 5.74) is 0.317. The van der Waals surface area contributed by atoms with Crippen molar-refractivity contribution in [3.8, 4) is 5.75 Å². The van der Waals surface area contributed by atoms with Crippen LogP contribution in [-0.4, -0.2) is 18.3 Å². The second kappa shape index (κ2) is 3.21. The van der Waals surface area contributed by atoms with Gasteiger partial charge >= 0.3 is 0 Å². The maximum Gasteiger partial charge on any atom is 0.188 e. The smallest absolute Gasteiger partial charge is 0.188 e. The van der Waals surface area contributed by atoms with Gasteiger partial charge in [-0.15, -0.1) is 0 Å². The van der Waals surface area contributed by atoms with Gasteiger partial charge in [0, 0.05) is 18.1 Å². The number of rotatable bonds is 2. The first-order chi connectivity index (χ1) is 7.97. The highest BCUT2D eigenvalue weighted by molar-refractivity contribution is 5.36. The molecule has 92 valence electrons. The van der Waals surface area contributed by atoms with Crippen LogP contribution >= 0.6 is 0 Å². The van der Waals surface area contributed by atoms with Gasteiger partial charge in [0.05, 0.1) is 7.11 Å². The molecule has 3 rings (SSSR count). The standard InChI is InChI=1S/C13H15FO3/c1-12-7-13(12,2)17-11(16-12)9-5-4-8(14)6-10(9)15-3/h4-6,11H,7H2,1-3H3. The molecule has 2 fully saturated rings. The first-order valence-corrected chi connectivity index (χ1v) is 5.66. The lowest BCUT2D eigenvalue weighted by Gasteiger charge is -2.18. The maximum absolute atomic E-state index is 13.1. The molecule has 1 aliphatic carbocycles. The Hall–Kier alpha value is -1.13. The highest BCUT2D eigenvalue weighted by atomic mass is 19.1. The normalized spacial score (nSPS) is 38.9. The molecule has 0 N–H and O–H groups in total. The second-order valence-electron chi connectivity index (χ2n) is 5.09. The lowest BCUT2D eigenvalue weighted by atomic mass is 10.2. The van der Waals surface area contributed by atoms with Crippen LogP contribution in [0.1, 0.15) is 32.1 Å². The SMILES string of the molecule is COc1cc(F)ccc1C1OC2(C)CC2(C)O1. The van der Waals surface area contributed by atoms with E-state index >= 15 is 0 Å². The minimum Gasteiger partial charge on any atom is -0.496 e. The zero-order chi connectivity index (χ0) is 12.3. The van der Waals surface area contributed by atoms with Crippen molar-refractivity contribution in [2.75, 3.05) is 7.11 Å². The predicted octanol–water partition coefficient (Wildman–Crippen LogP) is 2.80. The number of hydrogen-bond donors (Lipinski definition) is 0. The van der Waals surface area contributed by atoms with Gasteiger partial charge in [-0.1, -0.05) is 0 Å². The van der Waals surface area contributed by atoms with E-state index in [-0.39, 0.29) is 17.0 Å². The summed E-state index contributed by atoms with van der Waals surface area (Å²) < 4.78 is 30.0. The van der Waals surface area contributed by atoms with Gasteiger partial charge in [0.25, 0.3) is 0 Å². The van der Waals surface area contributed by atoms with E-state index in [2.05, 4.69) is 0 Å². The molecular weight excluding hydrogens is 223 g/mol. The Morgan fingerprint density at radius 3 is 2.53 bits per heavy atom. The predicted molar refractivity (Wildman–Crippen MR) is 59.3 cm³/mol. The molecule has 1 aromatic rings. The average Bonchev–Trinajstić information content (AvgIpc) is 2.68. The minimum atomic E-state index is -0.464. The van der Waals surface area contributed by atoms with Gasteiger partial charge in [-0.2, -0.15) is 0 Å². The van der Waals surface area contributed by atoms with Crippen molar-refractivity contribution in [2.45, 2.75) is 37.8 Å². The molecule has 17 heavy (non-hydrogen) atoms. The summed E-state index contributed by atoms with van der Waals surface area (Å²) in [7, 11) is 1.51. The summed E-state index contributed by atoms with van der Waals surface area (Å²) in [6.07, 6.45) is 0.439. The Morgan fingerprint density at radius 2 is 1.94 bits per heavy atom. The third-order valence-corrected chi connectivity index (χ3v) is 3.85. The molecule has 0 radical (unpaired) electrons. The zero-order valence-electron chi connectivity index (χ0n) is 10.1. The highest BCUT2D eigenvalue weighted by Gasteiger charge is 2.70. The topological polar surface area (TPSA) is 27.7 Å². The molecule has 1 saturated heterocycles. The molecule has 1 saturated carbocycles. The molecule has 0 spiro atoms. The second-order valence-corrected chi connectivity index (χ2v) is 5.09. The Balaban J connectivity index is 1.91. The third kappa shape index (κ3) is 1.47. The van der Waals surface area contributed by atoms with Crippen molar-refractivity contribution in [1.82, 2.24) is 0 Å². The molecule has 0 amide bonds. The lowest BCUT2D eigenvalue weighted by Crippen LogP contribution is -2.13. The number of halogens is 1. The third-order valence-electron chi connectivity index (χ3n) is 3.85. The van der Waals surface area contributed by atoms with Crippen molar-refractivity contribution >= 4 is 0 Å². The Bertz CT molecular complexity index is 460. The van der Waals surface area contributed by atoms with E-state index in [4.69, 9.17) is 14.2 Å². The van der Waals surface area contributed by atoms with Crippen LogP contribution in [-0.2, 0) is 9.47 Å². The van der Waals surface area contributed by atoms with Crippen LogP contribution in [0.25, 0.3) is 0 Å².